The van der Waals surface area contributed by atoms with E-state index in [0.717, 1.165) is 11.6 Å². The van der Waals surface area contributed by atoms with E-state index in [4.69, 9.17) is 23.7 Å². The molecule has 2 fully saturated rings. The summed E-state index contributed by atoms with van der Waals surface area (Å²) in [6.45, 7) is 0.878. The number of hydrogen-bond acceptors (Lipinski definition) is 6. The highest BCUT2D eigenvalue weighted by Crippen LogP contribution is 2.26. The smallest absolute Gasteiger partial charge is 0.346 e. The lowest BCUT2D eigenvalue weighted by Crippen LogP contribution is -2.12. The summed E-state index contributed by atoms with van der Waals surface area (Å²) >= 11 is 0. The van der Waals surface area contributed by atoms with Crippen molar-refractivity contribution >= 4 is 5.97 Å². The van der Waals surface area contributed by atoms with Crippen LogP contribution in [0.25, 0.3) is 0 Å². The summed E-state index contributed by atoms with van der Waals surface area (Å²) in [5, 5.41) is 0. The van der Waals surface area contributed by atoms with E-state index in [9.17, 15) is 18.0 Å². The number of rotatable bonds is 10. The molecule has 2 saturated heterocycles. The first kappa shape index (κ1) is 23.2. The molecule has 0 amide bonds. The summed E-state index contributed by atoms with van der Waals surface area (Å²) < 4.78 is 68.7. The van der Waals surface area contributed by atoms with Crippen molar-refractivity contribution in [1.29, 1.82) is 0 Å². The highest BCUT2D eigenvalue weighted by molar-refractivity contribution is 5.91. The molecule has 2 heterocycles. The first-order valence-electron chi connectivity index (χ1n) is 11.0. The summed E-state index contributed by atoms with van der Waals surface area (Å²) in [6, 6.07) is 12.2. The van der Waals surface area contributed by atoms with Crippen molar-refractivity contribution in [2.45, 2.75) is 25.0 Å². The molecule has 5 rings (SSSR count). The number of carbonyl (C=O) groups is 1. The molecule has 0 bridgehead atoms. The van der Waals surface area contributed by atoms with Gasteiger partial charge in [0.05, 0.1) is 31.0 Å². The predicted octanol–water partition coefficient (Wildman–Crippen LogP) is 4.62. The van der Waals surface area contributed by atoms with Crippen molar-refractivity contribution in [2.24, 2.45) is 0 Å². The van der Waals surface area contributed by atoms with E-state index in [1.165, 1.54) is 36.4 Å². The van der Waals surface area contributed by atoms with Crippen LogP contribution in [0.15, 0.2) is 54.6 Å². The van der Waals surface area contributed by atoms with Gasteiger partial charge in [-0.2, -0.15) is 0 Å². The molecule has 9 heteroatoms. The van der Waals surface area contributed by atoms with E-state index in [1.807, 2.05) is 0 Å². The lowest BCUT2D eigenvalue weighted by atomic mass is 10.1. The maximum atomic E-state index is 14.4. The van der Waals surface area contributed by atoms with Crippen LogP contribution in [0.1, 0.15) is 21.5 Å². The van der Waals surface area contributed by atoms with Crippen LogP contribution in [0.3, 0.4) is 0 Å². The van der Waals surface area contributed by atoms with Crippen LogP contribution in [0.2, 0.25) is 0 Å². The van der Waals surface area contributed by atoms with Crippen molar-refractivity contribution in [2.75, 3.05) is 20.0 Å². The Bertz CT molecular complexity index is 1240. The third-order valence-corrected chi connectivity index (χ3v) is 5.52. The van der Waals surface area contributed by atoms with Gasteiger partial charge in [0.25, 0.3) is 0 Å². The molecular formula is C26H21F3O6. The Hall–Kier alpha value is -3.56. The Labute approximate surface area is 199 Å². The molecule has 3 aromatic carbocycles. The van der Waals surface area contributed by atoms with Gasteiger partial charge in [0, 0.05) is 18.9 Å². The average Bonchev–Trinajstić information content (AvgIpc) is 3.74. The summed E-state index contributed by atoms with van der Waals surface area (Å²) in [4.78, 5) is 12.3. The molecule has 0 aliphatic carbocycles. The topological polar surface area (TPSA) is 69.8 Å². The minimum Gasteiger partial charge on any atom is -0.454 e. The molecule has 0 spiro atoms. The average molecular weight is 486 g/mol. The number of epoxide rings is 2. The van der Waals surface area contributed by atoms with Crippen LogP contribution in [0, 0.1) is 17.5 Å². The van der Waals surface area contributed by atoms with Crippen LogP contribution in [0.5, 0.6) is 17.2 Å². The second kappa shape index (κ2) is 9.97. The number of esters is 1. The van der Waals surface area contributed by atoms with Gasteiger partial charge in [-0.15, -0.1) is 0 Å². The molecule has 0 saturated carbocycles. The molecule has 0 radical (unpaired) electrons. The van der Waals surface area contributed by atoms with E-state index in [2.05, 4.69) is 0 Å². The second-order valence-corrected chi connectivity index (χ2v) is 8.29. The van der Waals surface area contributed by atoms with Gasteiger partial charge in [-0.3, -0.25) is 0 Å². The highest BCUT2D eigenvalue weighted by atomic mass is 19.1. The zero-order valence-corrected chi connectivity index (χ0v) is 18.5. The fourth-order valence-corrected chi connectivity index (χ4v) is 3.52. The minimum absolute atomic E-state index is 0.0332. The van der Waals surface area contributed by atoms with Gasteiger partial charge in [-0.25, -0.2) is 18.0 Å². The standard InChI is InChI=1S/C26H21F3O6/c27-21-9-15(7-18-12-31-18)1-4-20(21)26(30)35-17-3-6-25(23(29)11-17)34-14-33-24-5-2-16(10-22(24)28)8-19-13-32-19/h1-6,9-11,18-19H,7-8,12-14H2. The quantitative estimate of drug-likeness (QED) is 0.180. The van der Waals surface area contributed by atoms with Gasteiger partial charge < -0.3 is 23.7 Å². The van der Waals surface area contributed by atoms with E-state index >= 15 is 0 Å². The van der Waals surface area contributed by atoms with Gasteiger partial charge in [-0.1, -0.05) is 12.1 Å². The fraction of sp³-hybridized carbons (Fsp3) is 0.269. The Kier molecular flexibility index (Phi) is 6.61. The Morgan fingerprint density at radius 2 is 1.31 bits per heavy atom. The molecular weight excluding hydrogens is 465 g/mol. The fourth-order valence-electron chi connectivity index (χ4n) is 3.52. The molecule has 0 N–H and O–H groups in total. The molecule has 2 aliphatic rings. The number of hydrogen-bond donors (Lipinski definition) is 0. The first-order valence-corrected chi connectivity index (χ1v) is 11.0. The minimum atomic E-state index is -0.958. The van der Waals surface area contributed by atoms with Gasteiger partial charge in [-0.05, 0) is 47.5 Å². The van der Waals surface area contributed by atoms with E-state index < -0.39 is 30.2 Å². The molecule has 182 valence electrons. The predicted molar refractivity (Wildman–Crippen MR) is 117 cm³/mol. The van der Waals surface area contributed by atoms with Crippen molar-refractivity contribution in [1.82, 2.24) is 0 Å². The molecule has 2 unspecified atom stereocenters. The van der Waals surface area contributed by atoms with Gasteiger partial charge in [0.15, 0.2) is 23.1 Å². The summed E-state index contributed by atoms with van der Waals surface area (Å²) in [6.07, 6.45) is 1.43. The lowest BCUT2D eigenvalue weighted by Gasteiger charge is -2.11. The van der Waals surface area contributed by atoms with E-state index in [0.29, 0.717) is 31.6 Å². The van der Waals surface area contributed by atoms with Crippen LogP contribution in [0.4, 0.5) is 13.2 Å². The molecule has 2 atom stereocenters. The van der Waals surface area contributed by atoms with Crippen LogP contribution < -0.4 is 14.2 Å². The SMILES string of the molecule is O=C(Oc1ccc(OCOc2ccc(CC3CO3)cc2F)c(F)c1)c1ccc(CC2CO2)cc1F. The van der Waals surface area contributed by atoms with Crippen LogP contribution >= 0.6 is 0 Å². The van der Waals surface area contributed by atoms with Crippen molar-refractivity contribution < 1.29 is 41.7 Å². The molecule has 35 heavy (non-hydrogen) atoms. The van der Waals surface area contributed by atoms with Gasteiger partial charge in [0.2, 0.25) is 6.79 Å². The Morgan fingerprint density at radius 3 is 1.86 bits per heavy atom. The zero-order chi connectivity index (χ0) is 24.4. The Morgan fingerprint density at radius 1 is 0.771 bits per heavy atom. The lowest BCUT2D eigenvalue weighted by molar-refractivity contribution is 0.0728. The molecule has 2 aliphatic heterocycles. The molecule has 3 aromatic rings. The monoisotopic (exact) mass is 486 g/mol. The number of benzene rings is 3. The number of ether oxygens (including phenoxy) is 5. The third kappa shape index (κ3) is 6.12. The summed E-state index contributed by atoms with van der Waals surface area (Å²) in [7, 11) is 0. The van der Waals surface area contributed by atoms with E-state index in [1.54, 1.807) is 12.1 Å². The summed E-state index contributed by atoms with van der Waals surface area (Å²) in [5.41, 5.74) is 1.23. The zero-order valence-electron chi connectivity index (χ0n) is 18.5. The van der Waals surface area contributed by atoms with Crippen molar-refractivity contribution in [3.05, 3.63) is 88.7 Å². The van der Waals surface area contributed by atoms with E-state index in [-0.39, 0.29) is 35.0 Å². The maximum Gasteiger partial charge on any atom is 0.346 e. The molecule has 0 aromatic heterocycles. The van der Waals surface area contributed by atoms with Crippen molar-refractivity contribution in [3.8, 4) is 17.2 Å². The summed E-state index contributed by atoms with van der Waals surface area (Å²) in [5.74, 6) is -3.43. The van der Waals surface area contributed by atoms with Gasteiger partial charge >= 0.3 is 5.97 Å². The van der Waals surface area contributed by atoms with Crippen LogP contribution in [-0.2, 0) is 22.3 Å². The second-order valence-electron chi connectivity index (χ2n) is 8.29. The van der Waals surface area contributed by atoms with Gasteiger partial charge in [0.1, 0.15) is 11.6 Å². The Balaban J connectivity index is 1.14. The van der Waals surface area contributed by atoms with Crippen LogP contribution in [-0.4, -0.2) is 38.2 Å². The highest BCUT2D eigenvalue weighted by Gasteiger charge is 2.24. The first-order chi connectivity index (χ1) is 16.9. The molecule has 6 nitrogen and oxygen atoms in total. The number of halogens is 3. The normalized spacial score (nSPS) is 18.1. The third-order valence-electron chi connectivity index (χ3n) is 5.52. The largest absolute Gasteiger partial charge is 0.454 e. The number of carbonyl (C=O) groups excluding carboxylic acids is 1. The van der Waals surface area contributed by atoms with Crippen molar-refractivity contribution in [3.63, 3.8) is 0 Å². The maximum absolute atomic E-state index is 14.4.